The van der Waals surface area contributed by atoms with Crippen LogP contribution >= 0.6 is 0 Å². The maximum atomic E-state index is 12.4. The Morgan fingerprint density at radius 2 is 1.82 bits per heavy atom. The number of carboxylic acids is 1. The van der Waals surface area contributed by atoms with Gasteiger partial charge in [-0.25, -0.2) is 14.6 Å². The van der Waals surface area contributed by atoms with E-state index < -0.39 is 23.1 Å². The lowest BCUT2D eigenvalue weighted by atomic mass is 10.2. The van der Waals surface area contributed by atoms with Gasteiger partial charge in [-0.2, -0.15) is 4.57 Å². The third-order valence-electron chi connectivity index (χ3n) is 3.46. The number of hydrogen-bond donors (Lipinski definition) is 1. The number of carbonyl (C=O) groups excluding carboxylic acids is 1. The van der Waals surface area contributed by atoms with Crippen LogP contribution in [0.3, 0.4) is 0 Å². The fraction of sp³-hybridized carbons (Fsp3) is 0.462. The predicted octanol–water partition coefficient (Wildman–Crippen LogP) is -0.0377. The van der Waals surface area contributed by atoms with Crippen molar-refractivity contribution < 1.29 is 14.7 Å². The summed E-state index contributed by atoms with van der Waals surface area (Å²) in [6, 6.07) is 0. The second-order valence-electron chi connectivity index (χ2n) is 4.95. The third-order valence-corrected chi connectivity index (χ3v) is 3.46. The van der Waals surface area contributed by atoms with Crippen LogP contribution < -0.4 is 11.2 Å². The first kappa shape index (κ1) is 15.7. The molecule has 0 aliphatic rings. The molecule has 0 fully saturated rings. The van der Waals surface area contributed by atoms with Crippen molar-refractivity contribution in [2.75, 3.05) is 0 Å². The first-order valence-electron chi connectivity index (χ1n) is 6.76. The summed E-state index contributed by atoms with van der Waals surface area (Å²) in [4.78, 5) is 51.7. The highest BCUT2D eigenvalue weighted by atomic mass is 16.4. The molecule has 0 radical (unpaired) electrons. The normalized spacial score (nSPS) is 11.0. The lowest BCUT2D eigenvalue weighted by Crippen LogP contribution is -2.43. The molecule has 2 aromatic rings. The molecule has 0 atom stereocenters. The summed E-state index contributed by atoms with van der Waals surface area (Å²) in [6.45, 7) is 1.89. The van der Waals surface area contributed by atoms with E-state index in [1.54, 1.807) is 0 Å². The van der Waals surface area contributed by atoms with Crippen molar-refractivity contribution in [3.8, 4) is 0 Å². The average Bonchev–Trinajstić information content (AvgIpc) is 2.81. The molecule has 0 saturated carbocycles. The molecular formula is C13H16N4O5. The molecule has 118 valence electrons. The minimum atomic E-state index is -1.32. The number of nitrogens with zero attached hydrogens (tertiary/aromatic N) is 4. The number of aromatic nitrogens is 4. The Hall–Kier alpha value is -2.71. The number of carboxylic acid groups (broad SMARTS) is 1. The summed E-state index contributed by atoms with van der Waals surface area (Å²) in [6.07, 6.45) is 1.37. The van der Waals surface area contributed by atoms with Crippen LogP contribution in [0.1, 0.15) is 41.6 Å². The molecule has 0 bridgehead atoms. The van der Waals surface area contributed by atoms with Gasteiger partial charge >= 0.3 is 11.7 Å². The Labute approximate surface area is 124 Å². The Balaban J connectivity index is 2.84. The van der Waals surface area contributed by atoms with E-state index in [-0.39, 0.29) is 23.4 Å². The molecule has 0 amide bonds. The number of rotatable bonds is 4. The van der Waals surface area contributed by atoms with Crippen molar-refractivity contribution in [3.05, 3.63) is 26.7 Å². The van der Waals surface area contributed by atoms with E-state index >= 15 is 0 Å². The second-order valence-corrected chi connectivity index (χ2v) is 4.95. The quantitative estimate of drug-likeness (QED) is 0.847. The number of carbonyl (C=O) groups is 2. The van der Waals surface area contributed by atoms with Crippen LogP contribution in [0, 0.1) is 0 Å². The molecule has 0 aliphatic heterocycles. The van der Waals surface area contributed by atoms with E-state index in [1.165, 1.54) is 14.1 Å². The number of aromatic carboxylic acids is 1. The zero-order chi connectivity index (χ0) is 16.6. The van der Waals surface area contributed by atoms with Crippen LogP contribution in [0.5, 0.6) is 0 Å². The van der Waals surface area contributed by atoms with E-state index in [2.05, 4.69) is 4.98 Å². The van der Waals surface area contributed by atoms with Crippen molar-refractivity contribution in [1.29, 1.82) is 0 Å². The minimum absolute atomic E-state index is 0.0607. The lowest BCUT2D eigenvalue weighted by molar-refractivity contribution is 0.0680. The van der Waals surface area contributed by atoms with Crippen molar-refractivity contribution in [1.82, 2.24) is 18.7 Å². The maximum absolute atomic E-state index is 12.4. The van der Waals surface area contributed by atoms with Crippen molar-refractivity contribution in [3.63, 3.8) is 0 Å². The summed E-state index contributed by atoms with van der Waals surface area (Å²) < 4.78 is 2.63. The second kappa shape index (κ2) is 5.58. The average molecular weight is 308 g/mol. The monoisotopic (exact) mass is 308 g/mol. The number of hydrogen-bond acceptors (Lipinski definition) is 5. The smallest absolute Gasteiger partial charge is 0.372 e. The molecule has 1 N–H and O–H groups in total. The zero-order valence-corrected chi connectivity index (χ0v) is 12.5. The van der Waals surface area contributed by atoms with Crippen molar-refractivity contribution in [2.45, 2.75) is 26.2 Å². The topological polar surface area (TPSA) is 116 Å². The predicted molar refractivity (Wildman–Crippen MR) is 77.3 cm³/mol. The fourth-order valence-corrected chi connectivity index (χ4v) is 2.24. The van der Waals surface area contributed by atoms with Crippen LogP contribution in [-0.4, -0.2) is 35.7 Å². The fourth-order valence-electron chi connectivity index (χ4n) is 2.24. The van der Waals surface area contributed by atoms with E-state index in [4.69, 9.17) is 5.11 Å². The Morgan fingerprint density at radius 3 is 2.36 bits per heavy atom. The first-order valence-corrected chi connectivity index (χ1v) is 6.76. The molecule has 0 aromatic carbocycles. The highest BCUT2D eigenvalue weighted by molar-refractivity contribution is 5.89. The van der Waals surface area contributed by atoms with Gasteiger partial charge in [0.05, 0.1) is 0 Å². The Morgan fingerprint density at radius 1 is 1.18 bits per heavy atom. The zero-order valence-electron chi connectivity index (χ0n) is 12.5. The molecule has 0 unspecified atom stereocenters. The van der Waals surface area contributed by atoms with Crippen LogP contribution in [0.2, 0.25) is 0 Å². The summed E-state index contributed by atoms with van der Waals surface area (Å²) in [7, 11) is 2.69. The van der Waals surface area contributed by atoms with Gasteiger partial charge in [-0.05, 0) is 6.42 Å². The van der Waals surface area contributed by atoms with Gasteiger partial charge in [0.15, 0.2) is 11.2 Å². The minimum Gasteiger partial charge on any atom is -0.475 e. The molecule has 2 heterocycles. The van der Waals surface area contributed by atoms with Gasteiger partial charge in [0.1, 0.15) is 0 Å². The molecule has 0 saturated heterocycles. The molecule has 9 heteroatoms. The van der Waals surface area contributed by atoms with Crippen molar-refractivity contribution in [2.24, 2.45) is 14.1 Å². The summed E-state index contributed by atoms with van der Waals surface area (Å²) >= 11 is 0. The van der Waals surface area contributed by atoms with Crippen LogP contribution in [0.25, 0.3) is 11.2 Å². The number of unbranched alkanes of at least 4 members (excludes halogenated alkanes) is 1. The van der Waals surface area contributed by atoms with Gasteiger partial charge in [-0.15, -0.1) is 0 Å². The summed E-state index contributed by atoms with van der Waals surface area (Å²) in [5.41, 5.74) is -1.82. The number of fused-ring (bicyclic) bond motifs is 1. The van der Waals surface area contributed by atoms with Crippen LogP contribution in [-0.2, 0) is 14.1 Å². The van der Waals surface area contributed by atoms with Gasteiger partial charge in [-0.3, -0.25) is 14.2 Å². The third kappa shape index (κ3) is 2.24. The number of aryl methyl sites for hydroxylation is 2. The van der Waals surface area contributed by atoms with E-state index in [0.29, 0.717) is 11.0 Å². The van der Waals surface area contributed by atoms with Gasteiger partial charge < -0.3 is 9.67 Å². The molecular weight excluding hydrogens is 292 g/mol. The molecule has 0 spiro atoms. The molecule has 2 rings (SSSR count). The summed E-state index contributed by atoms with van der Waals surface area (Å²) in [5.74, 6) is -2.30. The van der Waals surface area contributed by atoms with Gasteiger partial charge in [0, 0.05) is 20.5 Å². The van der Waals surface area contributed by atoms with E-state index in [0.717, 1.165) is 15.6 Å². The van der Waals surface area contributed by atoms with Crippen LogP contribution in [0.15, 0.2) is 9.59 Å². The molecule has 2 aromatic heterocycles. The highest BCUT2D eigenvalue weighted by Gasteiger charge is 2.23. The summed E-state index contributed by atoms with van der Waals surface area (Å²) in [5, 5.41) is 9.07. The van der Waals surface area contributed by atoms with E-state index in [1.807, 2.05) is 6.92 Å². The van der Waals surface area contributed by atoms with E-state index in [9.17, 15) is 19.2 Å². The van der Waals surface area contributed by atoms with Crippen molar-refractivity contribution >= 4 is 23.0 Å². The van der Waals surface area contributed by atoms with Crippen LogP contribution in [0.4, 0.5) is 0 Å². The number of imidazole rings is 1. The lowest BCUT2D eigenvalue weighted by Gasteiger charge is -2.07. The Kier molecular flexibility index (Phi) is 3.98. The molecule has 9 nitrogen and oxygen atoms in total. The van der Waals surface area contributed by atoms with Gasteiger partial charge in [0.2, 0.25) is 11.7 Å². The maximum Gasteiger partial charge on any atom is 0.372 e. The first-order chi connectivity index (χ1) is 10.3. The molecule has 0 aliphatic carbocycles. The molecule has 22 heavy (non-hydrogen) atoms. The van der Waals surface area contributed by atoms with Gasteiger partial charge in [0.25, 0.3) is 5.56 Å². The largest absolute Gasteiger partial charge is 0.475 e. The SMILES string of the molecule is CCCCC(=O)n1c(=O)c2c(nc(C(=O)O)n2C)n(C)c1=O. The Bertz CT molecular complexity index is 886. The highest BCUT2D eigenvalue weighted by Crippen LogP contribution is 2.09. The van der Waals surface area contributed by atoms with Gasteiger partial charge in [-0.1, -0.05) is 13.3 Å². The standard InChI is InChI=1S/C13H16N4O5/c1-4-5-6-7(18)17-11(19)8-9(16(3)13(17)22)14-10(12(20)21)15(8)2/h4-6H2,1-3H3,(H,20,21).